The Labute approximate surface area is 159 Å². The molecule has 1 atom stereocenters. The van der Waals surface area contributed by atoms with Gasteiger partial charge < -0.3 is 15.2 Å². The number of aliphatic hydroxyl groups is 1. The predicted molar refractivity (Wildman–Crippen MR) is 96.1 cm³/mol. The molecule has 2 aromatic rings. The van der Waals surface area contributed by atoms with Gasteiger partial charge in [-0.25, -0.2) is 9.78 Å². The molecule has 3 rings (SSSR count). The van der Waals surface area contributed by atoms with E-state index in [0.29, 0.717) is 23.6 Å². The molecule has 1 saturated heterocycles. The highest BCUT2D eigenvalue weighted by Crippen LogP contribution is 2.34. The van der Waals surface area contributed by atoms with Crippen molar-refractivity contribution in [3.05, 3.63) is 53.2 Å². The van der Waals surface area contributed by atoms with Crippen molar-refractivity contribution in [2.75, 3.05) is 18.1 Å². The fourth-order valence-electron chi connectivity index (χ4n) is 3.08. The van der Waals surface area contributed by atoms with Gasteiger partial charge in [0.15, 0.2) is 0 Å². The third kappa shape index (κ3) is 4.19. The Kier molecular flexibility index (Phi) is 5.73. The number of aryl methyl sites for hydroxylation is 1. The summed E-state index contributed by atoms with van der Waals surface area (Å²) in [5.74, 6) is 0.659. The molecule has 28 heavy (non-hydrogen) atoms. The Morgan fingerprint density at radius 3 is 2.68 bits per heavy atom. The van der Waals surface area contributed by atoms with Gasteiger partial charge in [0, 0.05) is 5.56 Å². The van der Waals surface area contributed by atoms with Crippen LogP contribution in [0.15, 0.2) is 36.5 Å². The third-order valence-electron chi connectivity index (χ3n) is 4.54. The number of alkyl halides is 3. The summed E-state index contributed by atoms with van der Waals surface area (Å²) < 4.78 is 45.4. The monoisotopic (exact) mass is 395 g/mol. The zero-order valence-electron chi connectivity index (χ0n) is 15.2. The topological polar surface area (TPSA) is 74.7 Å². The van der Waals surface area contributed by atoms with E-state index in [2.05, 4.69) is 10.3 Å². The second-order valence-electron chi connectivity index (χ2n) is 6.37. The highest BCUT2D eigenvalue weighted by molar-refractivity contribution is 5.93. The van der Waals surface area contributed by atoms with Crippen LogP contribution in [-0.4, -0.2) is 35.3 Å². The predicted octanol–water partition coefficient (Wildman–Crippen LogP) is 3.13. The molecule has 0 bridgehead atoms. The van der Waals surface area contributed by atoms with Crippen molar-refractivity contribution in [1.29, 1.82) is 0 Å². The molecule has 0 spiro atoms. The van der Waals surface area contributed by atoms with Crippen molar-refractivity contribution in [2.24, 2.45) is 0 Å². The Hall–Kier alpha value is -2.81. The fourth-order valence-corrected chi connectivity index (χ4v) is 3.08. The van der Waals surface area contributed by atoms with Crippen molar-refractivity contribution in [3.8, 4) is 5.75 Å². The molecule has 9 heteroatoms. The summed E-state index contributed by atoms with van der Waals surface area (Å²) in [4.78, 5) is 17.4. The van der Waals surface area contributed by atoms with Crippen LogP contribution < -0.4 is 15.0 Å². The van der Waals surface area contributed by atoms with Gasteiger partial charge >= 0.3 is 12.2 Å². The molecule has 2 N–H and O–H groups in total. The SMILES string of the molecule is CCc1cccc(C(F)(F)F)c1COc1ccc(N2C[C@@H](CO)NC2=O)nc1. The summed E-state index contributed by atoms with van der Waals surface area (Å²) in [5, 5.41) is 11.7. The van der Waals surface area contributed by atoms with Gasteiger partial charge in [0.1, 0.15) is 18.2 Å². The molecule has 2 heterocycles. The zero-order chi connectivity index (χ0) is 20.3. The number of rotatable bonds is 6. The molecule has 0 unspecified atom stereocenters. The molecule has 1 aromatic heterocycles. The van der Waals surface area contributed by atoms with Crippen LogP contribution >= 0.6 is 0 Å². The number of anilines is 1. The summed E-state index contributed by atoms with van der Waals surface area (Å²) in [5.41, 5.74) is -0.0327. The molecule has 150 valence electrons. The lowest BCUT2D eigenvalue weighted by Crippen LogP contribution is -2.30. The number of nitrogens with one attached hydrogen (secondary N) is 1. The van der Waals surface area contributed by atoms with E-state index in [1.54, 1.807) is 25.1 Å². The lowest BCUT2D eigenvalue weighted by atomic mass is 9.99. The number of pyridine rings is 1. The van der Waals surface area contributed by atoms with Gasteiger partial charge in [0.25, 0.3) is 0 Å². The first-order valence-corrected chi connectivity index (χ1v) is 8.79. The highest BCUT2D eigenvalue weighted by atomic mass is 19.4. The van der Waals surface area contributed by atoms with Crippen LogP contribution in [-0.2, 0) is 19.2 Å². The van der Waals surface area contributed by atoms with Crippen molar-refractivity contribution < 1.29 is 27.8 Å². The van der Waals surface area contributed by atoms with Gasteiger partial charge in [0.05, 0.1) is 31.0 Å². The minimum Gasteiger partial charge on any atom is -0.487 e. The summed E-state index contributed by atoms with van der Waals surface area (Å²) in [6, 6.07) is 6.45. The number of hydrogen-bond donors (Lipinski definition) is 2. The molecule has 2 amide bonds. The zero-order valence-corrected chi connectivity index (χ0v) is 15.2. The summed E-state index contributed by atoms with van der Waals surface area (Å²) in [6.45, 7) is 1.65. The number of aliphatic hydroxyl groups excluding tert-OH is 1. The first-order chi connectivity index (χ1) is 13.3. The van der Waals surface area contributed by atoms with Crippen LogP contribution in [0.4, 0.5) is 23.8 Å². The minimum absolute atomic E-state index is 0.103. The molecule has 1 fully saturated rings. The van der Waals surface area contributed by atoms with Crippen molar-refractivity contribution in [2.45, 2.75) is 32.2 Å². The van der Waals surface area contributed by atoms with E-state index in [1.165, 1.54) is 17.2 Å². The summed E-state index contributed by atoms with van der Waals surface area (Å²) in [7, 11) is 0. The molecule has 1 aromatic carbocycles. The van der Waals surface area contributed by atoms with Gasteiger partial charge in [-0.1, -0.05) is 19.1 Å². The third-order valence-corrected chi connectivity index (χ3v) is 4.54. The molecule has 1 aliphatic heterocycles. The molecule has 0 radical (unpaired) electrons. The van der Waals surface area contributed by atoms with E-state index in [-0.39, 0.29) is 37.4 Å². The number of halogens is 3. The molecular formula is C19H20F3N3O3. The Morgan fingerprint density at radius 2 is 2.11 bits per heavy atom. The number of amides is 2. The number of hydrogen-bond acceptors (Lipinski definition) is 4. The molecule has 0 aliphatic carbocycles. The van der Waals surface area contributed by atoms with Crippen LogP contribution in [0.2, 0.25) is 0 Å². The number of nitrogens with zero attached hydrogens (tertiary/aromatic N) is 2. The fraction of sp³-hybridized carbons (Fsp3) is 0.368. The first-order valence-electron chi connectivity index (χ1n) is 8.79. The molecular weight excluding hydrogens is 375 g/mol. The number of ether oxygens (including phenoxy) is 1. The van der Waals surface area contributed by atoms with Crippen LogP contribution in [0.25, 0.3) is 0 Å². The second-order valence-corrected chi connectivity index (χ2v) is 6.37. The number of carbonyl (C=O) groups is 1. The smallest absolute Gasteiger partial charge is 0.416 e. The maximum Gasteiger partial charge on any atom is 0.416 e. The number of urea groups is 1. The van der Waals surface area contributed by atoms with Crippen LogP contribution in [0.5, 0.6) is 5.75 Å². The Bertz CT molecular complexity index is 841. The lowest BCUT2D eigenvalue weighted by molar-refractivity contribution is -0.138. The average Bonchev–Trinajstić information content (AvgIpc) is 3.06. The number of carbonyl (C=O) groups excluding carboxylic acids is 1. The van der Waals surface area contributed by atoms with Crippen LogP contribution in [0.3, 0.4) is 0 Å². The highest BCUT2D eigenvalue weighted by Gasteiger charge is 2.34. The van der Waals surface area contributed by atoms with E-state index in [1.807, 2.05) is 0 Å². The number of benzene rings is 1. The largest absolute Gasteiger partial charge is 0.487 e. The Morgan fingerprint density at radius 1 is 1.32 bits per heavy atom. The maximum absolute atomic E-state index is 13.3. The van der Waals surface area contributed by atoms with Gasteiger partial charge in [-0.3, -0.25) is 4.90 Å². The number of aromatic nitrogens is 1. The summed E-state index contributed by atoms with van der Waals surface area (Å²) >= 11 is 0. The van der Waals surface area contributed by atoms with Gasteiger partial charge in [0.2, 0.25) is 0 Å². The normalized spacial score (nSPS) is 17.0. The van der Waals surface area contributed by atoms with Gasteiger partial charge in [-0.2, -0.15) is 13.2 Å². The minimum atomic E-state index is -4.46. The summed E-state index contributed by atoms with van der Waals surface area (Å²) in [6.07, 6.45) is -2.65. The molecule has 1 aliphatic rings. The van der Waals surface area contributed by atoms with Crippen molar-refractivity contribution in [3.63, 3.8) is 0 Å². The second kappa shape index (κ2) is 8.05. The van der Waals surface area contributed by atoms with Crippen LogP contribution in [0.1, 0.15) is 23.6 Å². The lowest BCUT2D eigenvalue weighted by Gasteiger charge is -2.17. The van der Waals surface area contributed by atoms with E-state index < -0.39 is 11.7 Å². The van der Waals surface area contributed by atoms with Crippen molar-refractivity contribution >= 4 is 11.8 Å². The Balaban J connectivity index is 1.73. The standard InChI is InChI=1S/C19H20F3N3O3/c1-2-12-4-3-5-16(19(20,21)22)15(12)11-28-14-6-7-17(23-8-14)25-9-13(10-26)24-18(25)27/h3-8,13,26H,2,9-11H2,1H3,(H,24,27)/t13-/m0/s1. The average molecular weight is 395 g/mol. The van der Waals surface area contributed by atoms with E-state index in [0.717, 1.165) is 6.07 Å². The van der Waals surface area contributed by atoms with Gasteiger partial charge in [-0.05, 0) is 30.2 Å². The quantitative estimate of drug-likeness (QED) is 0.788. The maximum atomic E-state index is 13.3. The molecule has 0 saturated carbocycles. The van der Waals surface area contributed by atoms with E-state index >= 15 is 0 Å². The first kappa shape index (κ1) is 19.9. The van der Waals surface area contributed by atoms with Crippen molar-refractivity contribution in [1.82, 2.24) is 10.3 Å². The van der Waals surface area contributed by atoms with Crippen LogP contribution in [0, 0.1) is 0 Å². The molecule has 6 nitrogen and oxygen atoms in total. The van der Waals surface area contributed by atoms with E-state index in [4.69, 9.17) is 9.84 Å². The van der Waals surface area contributed by atoms with E-state index in [9.17, 15) is 18.0 Å². The van der Waals surface area contributed by atoms with Gasteiger partial charge in [-0.15, -0.1) is 0 Å².